The summed E-state index contributed by atoms with van der Waals surface area (Å²) >= 11 is 0. The van der Waals surface area contributed by atoms with Gasteiger partial charge in [0.25, 0.3) is 8.32 Å². The largest absolute Gasteiger partial charge is 0.542 e. The number of hydrogen-bond donors (Lipinski definition) is 0. The van der Waals surface area contributed by atoms with Crippen molar-refractivity contribution in [3.05, 3.63) is 29.3 Å². The van der Waals surface area contributed by atoms with E-state index in [0.29, 0.717) is 45.4 Å². The molecule has 184 valence electrons. The van der Waals surface area contributed by atoms with Gasteiger partial charge in [0.15, 0.2) is 5.78 Å². The molecular weight excluding hydrogens is 428 g/mol. The number of hydrogen-bond acceptors (Lipinski definition) is 3. The van der Waals surface area contributed by atoms with Crippen LogP contribution < -0.4 is 4.43 Å². The van der Waals surface area contributed by atoms with E-state index in [-0.39, 0.29) is 5.78 Å². The Morgan fingerprint density at radius 2 is 1.12 bits per heavy atom. The maximum atomic E-state index is 12.5. The molecule has 5 heteroatoms. The van der Waals surface area contributed by atoms with Gasteiger partial charge in [-0.2, -0.15) is 0 Å². The number of carbonyl (C=O) groups excluding carboxylic acids is 1. The molecule has 0 fully saturated rings. The Labute approximate surface area is 200 Å². The van der Waals surface area contributed by atoms with Gasteiger partial charge in [0, 0.05) is 0 Å². The van der Waals surface area contributed by atoms with Crippen molar-refractivity contribution < 1.29 is 13.6 Å². The lowest BCUT2D eigenvalue weighted by Gasteiger charge is -2.43. The zero-order valence-electron chi connectivity index (χ0n) is 23.1. The van der Waals surface area contributed by atoms with Gasteiger partial charge >= 0.3 is 0 Å². The molecule has 0 saturated heterocycles. The van der Waals surface area contributed by atoms with Crippen LogP contribution in [0.15, 0.2) is 18.2 Å². The zero-order valence-corrected chi connectivity index (χ0v) is 25.1. The second-order valence-electron chi connectivity index (χ2n) is 11.4. The summed E-state index contributed by atoms with van der Waals surface area (Å²) in [6.07, 6.45) is 0. The standard InChI is InChI=1S/C27H50O3Si2/c1-18(2)31(19(3)4,20(5)6)29-17-25-14-15-26(24(13)28)27(16-25)30-32(21(7)8,22(9)10)23(11)12/h14-16,18-23H,17H2,1-13H3. The van der Waals surface area contributed by atoms with Crippen LogP contribution in [-0.2, 0) is 11.0 Å². The number of Topliss-reactive ketones (excluding diaryl/α,β-unsaturated/α-hetero) is 1. The third-order valence-electron chi connectivity index (χ3n) is 7.62. The number of rotatable bonds is 12. The summed E-state index contributed by atoms with van der Waals surface area (Å²) in [7, 11) is -4.13. The SMILES string of the molecule is CC(=O)c1ccc(CO[Si](C(C)C)(C(C)C)C(C)C)cc1O[Si](C(C)C)(C(C)C)C(C)C. The van der Waals surface area contributed by atoms with Crippen LogP contribution in [-0.4, -0.2) is 22.4 Å². The van der Waals surface area contributed by atoms with Crippen LogP contribution in [0.1, 0.15) is 106 Å². The van der Waals surface area contributed by atoms with Gasteiger partial charge in [-0.1, -0.05) is 89.2 Å². The van der Waals surface area contributed by atoms with Crippen molar-refractivity contribution in [1.29, 1.82) is 0 Å². The molecule has 0 aliphatic heterocycles. The zero-order chi connectivity index (χ0) is 25.0. The van der Waals surface area contributed by atoms with E-state index in [2.05, 4.69) is 89.2 Å². The minimum atomic E-state index is -2.17. The maximum absolute atomic E-state index is 12.5. The smallest absolute Gasteiger partial charge is 0.258 e. The van der Waals surface area contributed by atoms with E-state index < -0.39 is 16.6 Å². The molecular formula is C27H50O3Si2. The van der Waals surface area contributed by atoms with Crippen molar-refractivity contribution in [2.24, 2.45) is 0 Å². The summed E-state index contributed by atoms with van der Waals surface area (Å²) in [5, 5.41) is 0. The third-order valence-corrected chi connectivity index (χ3v) is 19.7. The molecule has 0 radical (unpaired) electrons. The number of carbonyl (C=O) groups is 1. The van der Waals surface area contributed by atoms with E-state index in [4.69, 9.17) is 8.85 Å². The van der Waals surface area contributed by atoms with E-state index in [1.165, 1.54) is 0 Å². The van der Waals surface area contributed by atoms with Crippen LogP contribution in [0.4, 0.5) is 0 Å². The normalized spacial score (nSPS) is 13.3. The summed E-state index contributed by atoms with van der Waals surface area (Å²) < 4.78 is 13.8. The van der Waals surface area contributed by atoms with Crippen LogP contribution in [0.5, 0.6) is 5.75 Å². The van der Waals surface area contributed by atoms with Gasteiger partial charge < -0.3 is 8.85 Å². The van der Waals surface area contributed by atoms with Gasteiger partial charge in [0.05, 0.1) is 12.2 Å². The predicted octanol–water partition coefficient (Wildman–Crippen LogP) is 9.14. The molecule has 3 nitrogen and oxygen atoms in total. The molecule has 0 heterocycles. The number of ketones is 1. The minimum Gasteiger partial charge on any atom is -0.542 e. The van der Waals surface area contributed by atoms with Crippen LogP contribution in [0.2, 0.25) is 33.2 Å². The molecule has 0 atom stereocenters. The molecule has 1 rings (SSSR count). The minimum absolute atomic E-state index is 0.0573. The Morgan fingerprint density at radius 1 is 0.719 bits per heavy atom. The van der Waals surface area contributed by atoms with Gasteiger partial charge in [-0.15, -0.1) is 0 Å². The van der Waals surface area contributed by atoms with Gasteiger partial charge in [0.2, 0.25) is 8.32 Å². The Bertz CT molecular complexity index is 708. The highest BCUT2D eigenvalue weighted by atomic mass is 28.4. The molecule has 0 unspecified atom stereocenters. The van der Waals surface area contributed by atoms with E-state index >= 15 is 0 Å². The molecule has 1 aromatic rings. The van der Waals surface area contributed by atoms with Gasteiger partial charge in [-0.3, -0.25) is 4.79 Å². The third kappa shape index (κ3) is 5.76. The molecule has 1 aromatic carbocycles. The number of benzene rings is 1. The second-order valence-corrected chi connectivity index (χ2v) is 22.2. The summed E-state index contributed by atoms with van der Waals surface area (Å²) in [5.41, 5.74) is 4.75. The molecule has 0 aromatic heterocycles. The van der Waals surface area contributed by atoms with Crippen molar-refractivity contribution in [3.8, 4) is 5.75 Å². The van der Waals surface area contributed by atoms with E-state index in [9.17, 15) is 4.79 Å². The molecule has 32 heavy (non-hydrogen) atoms. The fraction of sp³-hybridized carbons (Fsp3) is 0.741. The highest BCUT2D eigenvalue weighted by Crippen LogP contribution is 2.45. The molecule has 0 amide bonds. The molecule has 0 aliphatic carbocycles. The Hall–Kier alpha value is -0.916. The predicted molar refractivity (Wildman–Crippen MR) is 144 cm³/mol. The summed E-state index contributed by atoms with van der Waals surface area (Å²) in [6, 6.07) is 6.08. The van der Waals surface area contributed by atoms with Crippen molar-refractivity contribution in [2.75, 3.05) is 0 Å². The summed E-state index contributed by atoms with van der Waals surface area (Å²) in [4.78, 5) is 12.5. The lowest BCUT2D eigenvalue weighted by Crippen LogP contribution is -2.51. The van der Waals surface area contributed by atoms with E-state index in [1.54, 1.807) is 6.92 Å². The lowest BCUT2D eigenvalue weighted by molar-refractivity contribution is 0.101. The van der Waals surface area contributed by atoms with Gasteiger partial charge in [-0.25, -0.2) is 0 Å². The first kappa shape index (κ1) is 29.1. The maximum Gasteiger partial charge on any atom is 0.258 e. The second kappa shape index (κ2) is 11.5. The molecule has 0 N–H and O–H groups in total. The summed E-state index contributed by atoms with van der Waals surface area (Å²) in [6.45, 7) is 29.8. The average molecular weight is 479 g/mol. The van der Waals surface area contributed by atoms with Crippen LogP contribution in [0.3, 0.4) is 0 Å². The molecule has 0 aliphatic rings. The Kier molecular flexibility index (Phi) is 10.4. The topological polar surface area (TPSA) is 35.5 Å². The van der Waals surface area contributed by atoms with Crippen LogP contribution >= 0.6 is 0 Å². The first-order valence-electron chi connectivity index (χ1n) is 12.6. The van der Waals surface area contributed by atoms with Crippen molar-refractivity contribution in [2.45, 2.75) is 130 Å². The van der Waals surface area contributed by atoms with Crippen molar-refractivity contribution in [1.82, 2.24) is 0 Å². The Morgan fingerprint density at radius 3 is 1.47 bits per heavy atom. The van der Waals surface area contributed by atoms with Gasteiger partial charge in [-0.05, 0) is 57.9 Å². The Balaban J connectivity index is 3.44. The quantitative estimate of drug-likeness (QED) is 0.222. The highest BCUT2D eigenvalue weighted by Gasteiger charge is 2.48. The fourth-order valence-corrected chi connectivity index (χ4v) is 17.0. The average Bonchev–Trinajstić information content (AvgIpc) is 2.64. The fourth-order valence-electron chi connectivity index (χ4n) is 6.28. The summed E-state index contributed by atoms with van der Waals surface area (Å²) in [5.74, 6) is 0.814. The lowest BCUT2D eigenvalue weighted by atomic mass is 10.1. The van der Waals surface area contributed by atoms with Crippen LogP contribution in [0.25, 0.3) is 0 Å². The van der Waals surface area contributed by atoms with Crippen molar-refractivity contribution >= 4 is 22.4 Å². The monoisotopic (exact) mass is 478 g/mol. The molecule has 0 bridgehead atoms. The highest BCUT2D eigenvalue weighted by molar-refractivity contribution is 6.78. The first-order chi connectivity index (χ1) is 14.6. The van der Waals surface area contributed by atoms with Gasteiger partial charge in [0.1, 0.15) is 5.75 Å². The van der Waals surface area contributed by atoms with E-state index in [0.717, 1.165) is 11.3 Å². The first-order valence-corrected chi connectivity index (χ1v) is 16.9. The van der Waals surface area contributed by atoms with Crippen molar-refractivity contribution in [3.63, 3.8) is 0 Å². The van der Waals surface area contributed by atoms with E-state index in [1.807, 2.05) is 12.1 Å². The van der Waals surface area contributed by atoms with Crippen LogP contribution in [0, 0.1) is 0 Å². The molecule has 0 spiro atoms. The molecule has 0 saturated carbocycles.